The van der Waals surface area contributed by atoms with Crippen molar-refractivity contribution in [1.29, 1.82) is 0 Å². The van der Waals surface area contributed by atoms with Crippen LogP contribution in [0.15, 0.2) is 33.5 Å². The van der Waals surface area contributed by atoms with E-state index in [1.165, 1.54) is 11.7 Å². The first-order valence-electron chi connectivity index (χ1n) is 4.87. The number of para-hydroxylation sites is 2. The molecule has 2 rings (SSSR count). The molecule has 0 atom stereocenters. The van der Waals surface area contributed by atoms with Crippen LogP contribution in [0.2, 0.25) is 0 Å². The molecule has 1 aromatic carbocycles. The number of benzene rings is 1. The summed E-state index contributed by atoms with van der Waals surface area (Å²) in [6.07, 6.45) is 0.153. The van der Waals surface area contributed by atoms with Crippen LogP contribution in [0, 0.1) is 0 Å². The van der Waals surface area contributed by atoms with Crippen LogP contribution in [0.3, 0.4) is 0 Å². The number of aromatic nitrogens is 1. The maximum Gasteiger partial charge on any atom is 0.419 e. The molecule has 0 unspecified atom stereocenters. The lowest BCUT2D eigenvalue weighted by molar-refractivity contribution is -0.140. The monoisotopic (exact) mass is 221 g/mol. The number of nitrogens with zero attached hydrogens (tertiary/aromatic N) is 1. The van der Waals surface area contributed by atoms with Crippen molar-refractivity contribution in [3.05, 3.63) is 34.8 Å². The summed E-state index contributed by atoms with van der Waals surface area (Å²) in [4.78, 5) is 22.5. The first-order valence-corrected chi connectivity index (χ1v) is 4.87. The van der Waals surface area contributed by atoms with Crippen molar-refractivity contribution in [3.8, 4) is 0 Å². The first kappa shape index (κ1) is 10.5. The highest BCUT2D eigenvalue weighted by Crippen LogP contribution is 2.11. The Labute approximate surface area is 91.2 Å². The SMILES string of the molecule is COC(=O)CCn1c(=O)oc2ccccc21. The summed E-state index contributed by atoms with van der Waals surface area (Å²) >= 11 is 0. The van der Waals surface area contributed by atoms with E-state index in [4.69, 9.17) is 4.42 Å². The lowest BCUT2D eigenvalue weighted by Crippen LogP contribution is -2.16. The molecule has 2 aromatic rings. The van der Waals surface area contributed by atoms with Gasteiger partial charge in [-0.05, 0) is 12.1 Å². The number of oxazole rings is 1. The van der Waals surface area contributed by atoms with Crippen molar-refractivity contribution in [2.75, 3.05) is 7.11 Å². The lowest BCUT2D eigenvalue weighted by Gasteiger charge is -2.00. The predicted molar refractivity (Wildman–Crippen MR) is 57.1 cm³/mol. The average Bonchev–Trinajstić information content (AvgIpc) is 2.62. The Morgan fingerprint density at radius 2 is 2.19 bits per heavy atom. The molecule has 0 spiro atoms. The predicted octanol–water partition coefficient (Wildman–Crippen LogP) is 1.16. The molecule has 0 aliphatic rings. The van der Waals surface area contributed by atoms with E-state index in [-0.39, 0.29) is 18.9 Å². The van der Waals surface area contributed by atoms with E-state index in [2.05, 4.69) is 4.74 Å². The smallest absolute Gasteiger partial charge is 0.419 e. The van der Waals surface area contributed by atoms with Gasteiger partial charge in [-0.25, -0.2) is 4.79 Å². The summed E-state index contributed by atoms with van der Waals surface area (Å²) in [6, 6.07) is 7.09. The van der Waals surface area contributed by atoms with E-state index < -0.39 is 5.76 Å². The zero-order valence-corrected chi connectivity index (χ0v) is 8.80. The Bertz CT molecular complexity index is 567. The van der Waals surface area contributed by atoms with Crippen LogP contribution in [0.5, 0.6) is 0 Å². The molecule has 84 valence electrons. The molecule has 16 heavy (non-hydrogen) atoms. The second kappa shape index (κ2) is 4.22. The molecule has 0 saturated carbocycles. The fraction of sp³-hybridized carbons (Fsp3) is 0.273. The van der Waals surface area contributed by atoms with Gasteiger partial charge in [-0.3, -0.25) is 9.36 Å². The number of carbonyl (C=O) groups excluding carboxylic acids is 1. The number of hydrogen-bond acceptors (Lipinski definition) is 4. The van der Waals surface area contributed by atoms with Crippen LogP contribution < -0.4 is 5.76 Å². The molecular weight excluding hydrogens is 210 g/mol. The fourth-order valence-electron chi connectivity index (χ4n) is 1.53. The largest absolute Gasteiger partial charge is 0.469 e. The molecule has 0 saturated heterocycles. The number of methoxy groups -OCH3 is 1. The molecule has 5 heteroatoms. The van der Waals surface area contributed by atoms with Crippen LogP contribution in [0.1, 0.15) is 6.42 Å². The Kier molecular flexibility index (Phi) is 2.76. The maximum absolute atomic E-state index is 11.5. The second-order valence-electron chi connectivity index (χ2n) is 3.31. The summed E-state index contributed by atoms with van der Waals surface area (Å²) in [6.45, 7) is 0.266. The van der Waals surface area contributed by atoms with Gasteiger partial charge in [-0.15, -0.1) is 0 Å². The Hall–Kier alpha value is -2.04. The third-order valence-electron chi connectivity index (χ3n) is 2.34. The Balaban J connectivity index is 2.33. The summed E-state index contributed by atoms with van der Waals surface area (Å²) in [5.74, 6) is -0.803. The van der Waals surface area contributed by atoms with Gasteiger partial charge in [0.05, 0.1) is 19.0 Å². The van der Waals surface area contributed by atoms with E-state index in [1.807, 2.05) is 6.07 Å². The zero-order chi connectivity index (χ0) is 11.5. The fourth-order valence-corrected chi connectivity index (χ4v) is 1.53. The molecule has 1 heterocycles. The van der Waals surface area contributed by atoms with Crippen LogP contribution in [-0.2, 0) is 16.1 Å². The van der Waals surface area contributed by atoms with Crippen LogP contribution in [0.25, 0.3) is 11.1 Å². The molecule has 0 bridgehead atoms. The third-order valence-corrected chi connectivity index (χ3v) is 2.34. The zero-order valence-electron chi connectivity index (χ0n) is 8.80. The van der Waals surface area contributed by atoms with Gasteiger partial charge in [0.15, 0.2) is 5.58 Å². The van der Waals surface area contributed by atoms with Crippen LogP contribution in [0.4, 0.5) is 0 Å². The molecule has 0 fully saturated rings. The lowest BCUT2D eigenvalue weighted by atomic mass is 10.3. The molecule has 0 aliphatic heterocycles. The van der Waals surface area contributed by atoms with E-state index in [1.54, 1.807) is 18.2 Å². The number of ether oxygens (including phenoxy) is 1. The van der Waals surface area contributed by atoms with Crippen molar-refractivity contribution in [3.63, 3.8) is 0 Å². The quantitative estimate of drug-likeness (QED) is 0.729. The average molecular weight is 221 g/mol. The van der Waals surface area contributed by atoms with Gasteiger partial charge in [-0.1, -0.05) is 12.1 Å². The van der Waals surface area contributed by atoms with Gasteiger partial charge in [-0.2, -0.15) is 0 Å². The van der Waals surface area contributed by atoms with Crippen molar-refractivity contribution in [1.82, 2.24) is 4.57 Å². The summed E-state index contributed by atoms with van der Waals surface area (Å²) in [5, 5.41) is 0. The van der Waals surface area contributed by atoms with Crippen LogP contribution in [-0.4, -0.2) is 17.6 Å². The number of rotatable bonds is 3. The van der Waals surface area contributed by atoms with E-state index >= 15 is 0 Å². The minimum absolute atomic E-state index is 0.153. The Morgan fingerprint density at radius 1 is 1.44 bits per heavy atom. The summed E-state index contributed by atoms with van der Waals surface area (Å²) in [7, 11) is 1.32. The molecule has 0 aliphatic carbocycles. The van der Waals surface area contributed by atoms with Crippen molar-refractivity contribution in [2.45, 2.75) is 13.0 Å². The number of esters is 1. The van der Waals surface area contributed by atoms with E-state index in [0.717, 1.165) is 0 Å². The minimum Gasteiger partial charge on any atom is -0.469 e. The topological polar surface area (TPSA) is 61.4 Å². The highest BCUT2D eigenvalue weighted by molar-refractivity contribution is 5.73. The molecule has 0 amide bonds. The number of carbonyl (C=O) groups is 1. The number of hydrogen-bond donors (Lipinski definition) is 0. The van der Waals surface area contributed by atoms with Gasteiger partial charge >= 0.3 is 11.7 Å². The van der Waals surface area contributed by atoms with Gasteiger partial charge < -0.3 is 9.15 Å². The highest BCUT2D eigenvalue weighted by atomic mass is 16.5. The molecule has 1 aromatic heterocycles. The number of fused-ring (bicyclic) bond motifs is 1. The highest BCUT2D eigenvalue weighted by Gasteiger charge is 2.09. The van der Waals surface area contributed by atoms with Gasteiger partial charge in [0.25, 0.3) is 0 Å². The van der Waals surface area contributed by atoms with E-state index in [0.29, 0.717) is 11.1 Å². The second-order valence-corrected chi connectivity index (χ2v) is 3.31. The maximum atomic E-state index is 11.5. The van der Waals surface area contributed by atoms with Crippen LogP contribution >= 0.6 is 0 Å². The number of aryl methyl sites for hydroxylation is 1. The molecule has 5 nitrogen and oxygen atoms in total. The van der Waals surface area contributed by atoms with Gasteiger partial charge in [0.1, 0.15) is 0 Å². The van der Waals surface area contributed by atoms with Crippen molar-refractivity contribution >= 4 is 17.1 Å². The van der Waals surface area contributed by atoms with Crippen molar-refractivity contribution in [2.24, 2.45) is 0 Å². The van der Waals surface area contributed by atoms with E-state index in [9.17, 15) is 9.59 Å². The summed E-state index contributed by atoms with van der Waals surface area (Å²) in [5.41, 5.74) is 1.22. The Morgan fingerprint density at radius 3 is 2.94 bits per heavy atom. The standard InChI is InChI=1S/C11H11NO4/c1-15-10(13)6-7-12-8-4-2-3-5-9(8)16-11(12)14/h2-5H,6-7H2,1H3. The molecule has 0 N–H and O–H groups in total. The molecular formula is C11H11NO4. The third kappa shape index (κ3) is 1.84. The normalized spacial score (nSPS) is 10.6. The van der Waals surface area contributed by atoms with Gasteiger partial charge in [0.2, 0.25) is 0 Å². The summed E-state index contributed by atoms with van der Waals surface area (Å²) < 4.78 is 11.0. The van der Waals surface area contributed by atoms with Gasteiger partial charge in [0, 0.05) is 6.54 Å². The molecule has 0 radical (unpaired) electrons. The first-order chi connectivity index (χ1) is 7.72. The minimum atomic E-state index is -0.454. The van der Waals surface area contributed by atoms with Crippen molar-refractivity contribution < 1.29 is 13.9 Å².